The second-order valence-electron chi connectivity index (χ2n) is 3.26. The van der Waals surface area contributed by atoms with Gasteiger partial charge in [-0.1, -0.05) is 13.3 Å². The lowest BCUT2D eigenvalue weighted by Crippen LogP contribution is -2.38. The Morgan fingerprint density at radius 1 is 1.46 bits per heavy atom. The fraction of sp³-hybridized carbons (Fsp3) is 0.889. The summed E-state index contributed by atoms with van der Waals surface area (Å²) in [6, 6.07) is 0.674. The van der Waals surface area contributed by atoms with Crippen LogP contribution in [-0.4, -0.2) is 25.6 Å². The molecule has 1 fully saturated rings. The van der Waals surface area contributed by atoms with Crippen LogP contribution in [0.2, 0.25) is 0 Å². The first-order valence-electron chi connectivity index (χ1n) is 4.79. The van der Waals surface area contributed by atoms with E-state index in [2.05, 4.69) is 29.5 Å². The van der Waals surface area contributed by atoms with Crippen molar-refractivity contribution in [1.29, 1.82) is 0 Å². The van der Waals surface area contributed by atoms with E-state index in [0.29, 0.717) is 6.04 Å². The molecule has 1 rings (SSSR count). The van der Waals surface area contributed by atoms with Gasteiger partial charge < -0.3 is 10.6 Å². The van der Waals surface area contributed by atoms with Crippen molar-refractivity contribution in [3.8, 4) is 0 Å². The lowest BCUT2D eigenvalue weighted by atomic mass is 10.3. The molecule has 3 nitrogen and oxygen atoms in total. The Kier molecular flexibility index (Phi) is 6.45. The second kappa shape index (κ2) is 6.45. The number of rotatable bonds is 3. The number of nitrogens with one attached hydrogen (secondary N) is 2. The highest BCUT2D eigenvalue weighted by Crippen LogP contribution is 2.32. The Morgan fingerprint density at radius 3 is 2.54 bits per heavy atom. The molecule has 0 amide bonds. The number of aliphatic imine (C=N–C) groups is 1. The number of hydrogen-bond acceptors (Lipinski definition) is 1. The van der Waals surface area contributed by atoms with E-state index in [4.69, 9.17) is 0 Å². The van der Waals surface area contributed by atoms with E-state index in [1.54, 1.807) is 0 Å². The monoisotopic (exact) mass is 297 g/mol. The van der Waals surface area contributed by atoms with Gasteiger partial charge in [0.05, 0.1) is 0 Å². The van der Waals surface area contributed by atoms with Crippen molar-refractivity contribution in [2.24, 2.45) is 10.9 Å². The molecule has 0 bridgehead atoms. The molecule has 13 heavy (non-hydrogen) atoms. The summed E-state index contributed by atoms with van der Waals surface area (Å²) < 4.78 is 0. The van der Waals surface area contributed by atoms with Gasteiger partial charge in [0.2, 0.25) is 0 Å². The lowest BCUT2D eigenvalue weighted by Gasteiger charge is -2.09. The quantitative estimate of drug-likeness (QED) is 0.471. The Labute approximate surface area is 97.8 Å². The second-order valence-corrected chi connectivity index (χ2v) is 3.26. The van der Waals surface area contributed by atoms with Gasteiger partial charge >= 0.3 is 0 Å². The molecule has 0 spiro atoms. The van der Waals surface area contributed by atoms with Gasteiger partial charge in [-0.3, -0.25) is 4.99 Å². The maximum atomic E-state index is 4.12. The molecule has 0 radical (unpaired) electrons. The number of halogens is 1. The third-order valence-corrected chi connectivity index (χ3v) is 2.34. The average Bonchev–Trinajstić information content (AvgIpc) is 2.82. The first-order valence-corrected chi connectivity index (χ1v) is 4.79. The van der Waals surface area contributed by atoms with Crippen molar-refractivity contribution in [1.82, 2.24) is 10.6 Å². The Balaban J connectivity index is 0.00000144. The molecule has 0 aliphatic heterocycles. The molecule has 0 aromatic heterocycles. The molecular formula is C9H20IN3. The molecule has 0 heterocycles. The van der Waals surface area contributed by atoms with Crippen LogP contribution in [-0.2, 0) is 0 Å². The first-order chi connectivity index (χ1) is 5.81. The van der Waals surface area contributed by atoms with E-state index in [9.17, 15) is 0 Å². The van der Waals surface area contributed by atoms with Gasteiger partial charge in [-0.15, -0.1) is 24.0 Å². The smallest absolute Gasteiger partial charge is 0.191 e. The molecule has 2 unspecified atom stereocenters. The normalized spacial score (nSPS) is 26.2. The SMILES string of the molecule is CCNC(=NC)NC1CC1CC.I. The zero-order valence-electron chi connectivity index (χ0n) is 8.63. The first kappa shape index (κ1) is 13.0. The van der Waals surface area contributed by atoms with Crippen molar-refractivity contribution in [3.63, 3.8) is 0 Å². The highest BCUT2D eigenvalue weighted by atomic mass is 127. The topological polar surface area (TPSA) is 36.4 Å². The van der Waals surface area contributed by atoms with E-state index < -0.39 is 0 Å². The van der Waals surface area contributed by atoms with Crippen LogP contribution in [0.4, 0.5) is 0 Å². The molecule has 2 N–H and O–H groups in total. The molecule has 1 aliphatic carbocycles. The van der Waals surface area contributed by atoms with Crippen LogP contribution >= 0.6 is 24.0 Å². The van der Waals surface area contributed by atoms with Crippen LogP contribution < -0.4 is 10.6 Å². The molecule has 0 saturated heterocycles. The Morgan fingerprint density at radius 2 is 2.15 bits per heavy atom. The molecule has 4 heteroatoms. The third kappa shape index (κ3) is 4.15. The number of nitrogens with zero attached hydrogens (tertiary/aromatic N) is 1. The highest BCUT2D eigenvalue weighted by molar-refractivity contribution is 14.0. The highest BCUT2D eigenvalue weighted by Gasteiger charge is 2.35. The average molecular weight is 297 g/mol. The lowest BCUT2D eigenvalue weighted by molar-refractivity contribution is 0.709. The molecule has 1 aliphatic rings. The fourth-order valence-corrected chi connectivity index (χ4v) is 1.41. The van der Waals surface area contributed by atoms with E-state index in [1.807, 2.05) is 7.05 Å². The standard InChI is InChI=1S/C9H19N3.HI/c1-4-7-6-8(7)12-9(10-3)11-5-2;/h7-8H,4-6H2,1-3H3,(H2,10,11,12);1H. The Bertz CT molecular complexity index is 170. The van der Waals surface area contributed by atoms with Crippen molar-refractivity contribution in [3.05, 3.63) is 0 Å². The Hall–Kier alpha value is 0. The molecule has 0 aromatic rings. The summed E-state index contributed by atoms with van der Waals surface area (Å²) in [7, 11) is 1.81. The van der Waals surface area contributed by atoms with Gasteiger partial charge in [-0.2, -0.15) is 0 Å². The van der Waals surface area contributed by atoms with Crippen LogP contribution in [0, 0.1) is 5.92 Å². The van der Waals surface area contributed by atoms with Crippen molar-refractivity contribution in [2.45, 2.75) is 32.7 Å². The minimum absolute atomic E-state index is 0. The third-order valence-electron chi connectivity index (χ3n) is 2.34. The van der Waals surface area contributed by atoms with Crippen LogP contribution in [0.5, 0.6) is 0 Å². The number of hydrogen-bond donors (Lipinski definition) is 2. The zero-order chi connectivity index (χ0) is 8.97. The van der Waals surface area contributed by atoms with Gasteiger partial charge in [-0.25, -0.2) is 0 Å². The van der Waals surface area contributed by atoms with Crippen LogP contribution in [0.1, 0.15) is 26.7 Å². The van der Waals surface area contributed by atoms with Gasteiger partial charge in [0.1, 0.15) is 0 Å². The van der Waals surface area contributed by atoms with Crippen molar-refractivity contribution >= 4 is 29.9 Å². The predicted molar refractivity (Wildman–Crippen MR) is 67.8 cm³/mol. The summed E-state index contributed by atoms with van der Waals surface area (Å²) >= 11 is 0. The molecular weight excluding hydrogens is 277 g/mol. The van der Waals surface area contributed by atoms with E-state index >= 15 is 0 Å². The van der Waals surface area contributed by atoms with Crippen LogP contribution in [0.15, 0.2) is 4.99 Å². The molecule has 2 atom stereocenters. The zero-order valence-corrected chi connectivity index (χ0v) is 11.0. The van der Waals surface area contributed by atoms with E-state index in [0.717, 1.165) is 18.4 Å². The van der Waals surface area contributed by atoms with Crippen molar-refractivity contribution in [2.75, 3.05) is 13.6 Å². The largest absolute Gasteiger partial charge is 0.357 e. The molecule has 78 valence electrons. The summed E-state index contributed by atoms with van der Waals surface area (Å²) in [4.78, 5) is 4.12. The minimum Gasteiger partial charge on any atom is -0.357 e. The molecule has 0 aromatic carbocycles. The summed E-state index contributed by atoms with van der Waals surface area (Å²) in [6.45, 7) is 5.25. The summed E-state index contributed by atoms with van der Waals surface area (Å²) in [5, 5.41) is 6.57. The summed E-state index contributed by atoms with van der Waals surface area (Å²) in [5.41, 5.74) is 0. The van der Waals surface area contributed by atoms with Gasteiger partial charge in [0.25, 0.3) is 0 Å². The maximum absolute atomic E-state index is 4.12. The maximum Gasteiger partial charge on any atom is 0.191 e. The van der Waals surface area contributed by atoms with E-state index in [1.165, 1.54) is 12.8 Å². The van der Waals surface area contributed by atoms with E-state index in [-0.39, 0.29) is 24.0 Å². The minimum atomic E-state index is 0. The van der Waals surface area contributed by atoms with Gasteiger partial charge in [0.15, 0.2) is 5.96 Å². The van der Waals surface area contributed by atoms with Crippen LogP contribution in [0.25, 0.3) is 0 Å². The molecule has 1 saturated carbocycles. The fourth-order valence-electron chi connectivity index (χ4n) is 1.41. The predicted octanol–water partition coefficient (Wildman–Crippen LogP) is 1.59. The summed E-state index contributed by atoms with van der Waals surface area (Å²) in [5.74, 6) is 1.82. The number of guanidine groups is 1. The van der Waals surface area contributed by atoms with Gasteiger partial charge in [-0.05, 0) is 19.3 Å². The van der Waals surface area contributed by atoms with Crippen LogP contribution in [0.3, 0.4) is 0 Å². The van der Waals surface area contributed by atoms with Gasteiger partial charge in [0, 0.05) is 19.6 Å². The summed E-state index contributed by atoms with van der Waals surface area (Å²) in [6.07, 6.45) is 2.59. The van der Waals surface area contributed by atoms with Crippen molar-refractivity contribution < 1.29 is 0 Å².